The monoisotopic (exact) mass is 375 g/mol. The molecule has 7 nitrogen and oxygen atoms in total. The van der Waals surface area contributed by atoms with E-state index in [1.807, 2.05) is 10.8 Å². The molecule has 1 saturated heterocycles. The van der Waals surface area contributed by atoms with Crippen molar-refractivity contribution in [2.75, 3.05) is 13.1 Å². The van der Waals surface area contributed by atoms with Crippen LogP contribution in [0.4, 0.5) is 0 Å². The van der Waals surface area contributed by atoms with Gasteiger partial charge in [0.1, 0.15) is 5.82 Å². The van der Waals surface area contributed by atoms with Gasteiger partial charge in [0.05, 0.1) is 16.5 Å². The van der Waals surface area contributed by atoms with Gasteiger partial charge in [-0.3, -0.25) is 0 Å². The van der Waals surface area contributed by atoms with Gasteiger partial charge in [-0.2, -0.15) is 9.40 Å². The van der Waals surface area contributed by atoms with Crippen molar-refractivity contribution >= 4 is 21.1 Å². The quantitative estimate of drug-likeness (QED) is 0.695. The number of nitrogens with zero attached hydrogens (tertiary/aromatic N) is 5. The molecule has 1 aliphatic rings. The van der Waals surface area contributed by atoms with Gasteiger partial charge in [0, 0.05) is 32.3 Å². The van der Waals surface area contributed by atoms with Crippen LogP contribution in [0, 0.1) is 0 Å². The average Bonchev–Trinajstić information content (AvgIpc) is 3.29. The first kappa shape index (κ1) is 18.7. The first-order valence-corrected chi connectivity index (χ1v) is 10.5. The number of allylic oxidation sites excluding steroid dienone is 3. The van der Waals surface area contributed by atoms with Gasteiger partial charge >= 0.3 is 0 Å². The van der Waals surface area contributed by atoms with Gasteiger partial charge in [0.2, 0.25) is 10.0 Å². The van der Waals surface area contributed by atoms with Crippen LogP contribution in [0.25, 0.3) is 11.0 Å². The first-order chi connectivity index (χ1) is 12.6. The minimum atomic E-state index is -3.39. The molecule has 0 aliphatic carbocycles. The number of aromatic nitrogens is 4. The summed E-state index contributed by atoms with van der Waals surface area (Å²) in [6.07, 6.45) is 12.0. The van der Waals surface area contributed by atoms with Gasteiger partial charge < -0.3 is 0 Å². The molecule has 0 atom stereocenters. The Balaban J connectivity index is 1.74. The Morgan fingerprint density at radius 1 is 1.27 bits per heavy atom. The molecule has 0 unspecified atom stereocenters. The van der Waals surface area contributed by atoms with Crippen LogP contribution in [0.15, 0.2) is 35.5 Å². The van der Waals surface area contributed by atoms with Crippen LogP contribution < -0.4 is 0 Å². The van der Waals surface area contributed by atoms with E-state index in [0.29, 0.717) is 30.2 Å². The fourth-order valence-corrected chi connectivity index (χ4v) is 4.67. The Bertz CT molecular complexity index is 924. The molecule has 2 aromatic heterocycles. The maximum atomic E-state index is 12.6. The highest BCUT2D eigenvalue weighted by molar-refractivity contribution is 7.93. The van der Waals surface area contributed by atoms with Crippen molar-refractivity contribution in [3.05, 3.63) is 41.4 Å². The Labute approximate surface area is 154 Å². The Morgan fingerprint density at radius 3 is 2.73 bits per heavy atom. The highest BCUT2D eigenvalue weighted by Crippen LogP contribution is 2.20. The van der Waals surface area contributed by atoms with E-state index in [2.05, 4.69) is 22.0 Å². The van der Waals surface area contributed by atoms with Crippen molar-refractivity contribution < 1.29 is 8.42 Å². The molecule has 3 heterocycles. The van der Waals surface area contributed by atoms with E-state index < -0.39 is 10.0 Å². The Morgan fingerprint density at radius 2 is 2.04 bits per heavy atom. The highest BCUT2D eigenvalue weighted by atomic mass is 32.2. The smallest absolute Gasteiger partial charge is 0.242 e. The zero-order chi connectivity index (χ0) is 18.6. The molecule has 8 heteroatoms. The van der Waals surface area contributed by atoms with E-state index >= 15 is 0 Å². The lowest BCUT2D eigenvalue weighted by Gasteiger charge is -2.15. The van der Waals surface area contributed by atoms with Crippen molar-refractivity contribution in [2.45, 2.75) is 46.1 Å². The summed E-state index contributed by atoms with van der Waals surface area (Å²) in [6.45, 7) is 5.87. The second kappa shape index (κ2) is 8.09. The molecule has 0 bridgehead atoms. The van der Waals surface area contributed by atoms with Crippen molar-refractivity contribution in [1.82, 2.24) is 24.1 Å². The van der Waals surface area contributed by atoms with Crippen LogP contribution in [-0.2, 0) is 23.0 Å². The summed E-state index contributed by atoms with van der Waals surface area (Å²) in [6, 6.07) is 0. The van der Waals surface area contributed by atoms with Gasteiger partial charge in [0.25, 0.3) is 0 Å². The van der Waals surface area contributed by atoms with Gasteiger partial charge in [-0.1, -0.05) is 19.1 Å². The molecule has 0 saturated carbocycles. The van der Waals surface area contributed by atoms with Crippen molar-refractivity contribution in [3.63, 3.8) is 0 Å². The Kier molecular flexibility index (Phi) is 5.83. The molecular formula is C18H25N5O2S. The zero-order valence-electron chi connectivity index (χ0n) is 15.3. The molecule has 0 N–H and O–H groups in total. The molecule has 26 heavy (non-hydrogen) atoms. The highest BCUT2D eigenvalue weighted by Gasteiger charge is 2.27. The minimum absolute atomic E-state index is 0.330. The average molecular weight is 375 g/mol. The molecule has 2 aromatic rings. The SMILES string of the molecule is CC=C(C=CCc1ncc2cnn(CCC)c2n1)S(=O)(=O)N1CCCC1. The molecule has 0 spiro atoms. The first-order valence-electron chi connectivity index (χ1n) is 9.06. The predicted molar refractivity (Wildman–Crippen MR) is 102 cm³/mol. The lowest BCUT2D eigenvalue weighted by atomic mass is 10.3. The summed E-state index contributed by atoms with van der Waals surface area (Å²) in [5, 5.41) is 5.24. The van der Waals surface area contributed by atoms with Crippen LogP contribution in [-0.4, -0.2) is 45.6 Å². The number of aryl methyl sites for hydroxylation is 1. The summed E-state index contributed by atoms with van der Waals surface area (Å²) < 4.78 is 28.7. The number of sulfonamides is 1. The maximum Gasteiger partial charge on any atom is 0.242 e. The van der Waals surface area contributed by atoms with Crippen molar-refractivity contribution in [3.8, 4) is 0 Å². The van der Waals surface area contributed by atoms with E-state index in [4.69, 9.17) is 0 Å². The van der Waals surface area contributed by atoms with Gasteiger partial charge in [-0.25, -0.2) is 23.1 Å². The van der Waals surface area contributed by atoms with Crippen LogP contribution in [0.3, 0.4) is 0 Å². The van der Waals surface area contributed by atoms with E-state index in [-0.39, 0.29) is 0 Å². The van der Waals surface area contributed by atoms with Crippen LogP contribution in [0.5, 0.6) is 0 Å². The standard InChI is InChI=1S/C18H25N5O2S/c1-3-10-23-18-15(14-20-23)13-19-17(21-18)9-7-8-16(4-2)26(24,25)22-11-5-6-12-22/h4,7-8,13-14H,3,5-6,9-12H2,1-2H3. The van der Waals surface area contributed by atoms with Crippen molar-refractivity contribution in [1.29, 1.82) is 0 Å². The van der Waals surface area contributed by atoms with E-state index in [0.717, 1.165) is 36.8 Å². The Hall–Kier alpha value is -2.06. The lowest BCUT2D eigenvalue weighted by Crippen LogP contribution is -2.28. The van der Waals surface area contributed by atoms with E-state index in [1.165, 1.54) is 0 Å². The summed E-state index contributed by atoms with van der Waals surface area (Å²) in [5.41, 5.74) is 0.821. The van der Waals surface area contributed by atoms with Gasteiger partial charge in [-0.05, 0) is 32.3 Å². The molecule has 3 rings (SSSR count). The number of fused-ring (bicyclic) bond motifs is 1. The fraction of sp³-hybridized carbons (Fsp3) is 0.500. The largest absolute Gasteiger partial charge is 0.247 e. The van der Waals surface area contributed by atoms with Crippen molar-refractivity contribution in [2.24, 2.45) is 0 Å². The summed E-state index contributed by atoms with van der Waals surface area (Å²) in [4.78, 5) is 9.25. The van der Waals surface area contributed by atoms with E-state index in [9.17, 15) is 8.42 Å². The number of rotatable bonds is 7. The molecular weight excluding hydrogens is 350 g/mol. The summed E-state index contributed by atoms with van der Waals surface area (Å²) >= 11 is 0. The number of hydrogen-bond acceptors (Lipinski definition) is 5. The third kappa shape index (κ3) is 3.86. The molecule has 0 amide bonds. The van der Waals surface area contributed by atoms with Gasteiger partial charge in [0.15, 0.2) is 5.65 Å². The third-order valence-corrected chi connectivity index (χ3v) is 6.44. The molecule has 0 aromatic carbocycles. The lowest BCUT2D eigenvalue weighted by molar-refractivity contribution is 0.484. The normalized spacial score (nSPS) is 16.9. The van der Waals surface area contributed by atoms with E-state index in [1.54, 1.807) is 35.8 Å². The van der Waals surface area contributed by atoms with Crippen LogP contribution in [0.2, 0.25) is 0 Å². The molecule has 1 fully saturated rings. The topological polar surface area (TPSA) is 81.0 Å². The summed E-state index contributed by atoms with van der Waals surface area (Å²) in [7, 11) is -3.39. The minimum Gasteiger partial charge on any atom is -0.247 e. The molecule has 1 aliphatic heterocycles. The third-order valence-electron chi connectivity index (χ3n) is 4.43. The molecule has 0 radical (unpaired) electrons. The fourth-order valence-electron chi connectivity index (χ4n) is 3.06. The molecule has 140 valence electrons. The second-order valence-electron chi connectivity index (χ2n) is 6.34. The maximum absolute atomic E-state index is 12.6. The zero-order valence-corrected chi connectivity index (χ0v) is 16.1. The summed E-state index contributed by atoms with van der Waals surface area (Å²) in [5.74, 6) is 0.653. The predicted octanol–water partition coefficient (Wildman–Crippen LogP) is 2.66. The van der Waals surface area contributed by atoms with Crippen LogP contribution >= 0.6 is 0 Å². The second-order valence-corrected chi connectivity index (χ2v) is 8.28. The van der Waals surface area contributed by atoms with Gasteiger partial charge in [-0.15, -0.1) is 0 Å². The van der Waals surface area contributed by atoms with Crippen LogP contribution in [0.1, 0.15) is 38.9 Å². The number of hydrogen-bond donors (Lipinski definition) is 0.